The Morgan fingerprint density at radius 2 is 1.65 bits per heavy atom. The molecule has 2 nitrogen and oxygen atoms in total. The molecule has 0 bridgehead atoms. The van der Waals surface area contributed by atoms with Gasteiger partial charge < -0.3 is 0 Å². The molecule has 0 saturated heterocycles. The summed E-state index contributed by atoms with van der Waals surface area (Å²) in [7, 11) is -1.49. The highest BCUT2D eigenvalue weighted by Gasteiger charge is 2.47. The first-order chi connectivity index (χ1) is 10.8. The smallest absolute Gasteiger partial charge is 0.180 e. The first-order valence-electron chi connectivity index (χ1n) is 8.85. The molecule has 23 heavy (non-hydrogen) atoms. The quantitative estimate of drug-likeness (QED) is 0.474. The lowest BCUT2D eigenvalue weighted by Gasteiger charge is -2.28. The Labute approximate surface area is 141 Å². The van der Waals surface area contributed by atoms with Crippen molar-refractivity contribution in [2.24, 2.45) is 5.92 Å². The van der Waals surface area contributed by atoms with Crippen molar-refractivity contribution in [1.82, 2.24) is 0 Å². The molecule has 1 aromatic rings. The molecule has 1 atom stereocenters. The second kappa shape index (κ2) is 7.26. The van der Waals surface area contributed by atoms with Crippen molar-refractivity contribution in [3.8, 4) is 0 Å². The van der Waals surface area contributed by atoms with Crippen molar-refractivity contribution in [2.75, 3.05) is 6.16 Å². The summed E-state index contributed by atoms with van der Waals surface area (Å²) in [6.07, 6.45) is 5.27. The van der Waals surface area contributed by atoms with Crippen LogP contribution in [0.15, 0.2) is 12.1 Å². The van der Waals surface area contributed by atoms with Crippen LogP contribution in [-0.2, 0) is 4.57 Å². The molecule has 3 heteroatoms. The van der Waals surface area contributed by atoms with Crippen LogP contribution in [0.5, 0.6) is 0 Å². The van der Waals surface area contributed by atoms with Crippen molar-refractivity contribution in [1.29, 1.82) is 0 Å². The van der Waals surface area contributed by atoms with Crippen LogP contribution in [-0.4, -0.2) is 17.1 Å². The van der Waals surface area contributed by atoms with Gasteiger partial charge in [0.15, 0.2) is 5.78 Å². The van der Waals surface area contributed by atoms with Gasteiger partial charge in [-0.15, -0.1) is 0 Å². The fraction of sp³-hybridized carbons (Fsp3) is 0.650. The summed E-state index contributed by atoms with van der Waals surface area (Å²) < 4.78 is 13.1. The molecular formula is C20H30O2P. The van der Waals surface area contributed by atoms with Crippen LogP contribution in [0.4, 0.5) is 0 Å². The highest BCUT2D eigenvalue weighted by molar-refractivity contribution is 7.48. The molecule has 0 aliphatic heterocycles. The third kappa shape index (κ3) is 3.74. The molecule has 0 amide bonds. The van der Waals surface area contributed by atoms with Gasteiger partial charge in [0.1, 0.15) is 5.16 Å². The van der Waals surface area contributed by atoms with Crippen LogP contribution in [0.2, 0.25) is 0 Å². The standard InChI is InChI=1S/C20H30O2P/c1-14(2)8-11-23(22)20(9-6-7-10-20)19(21)18-16(4)12-15(3)13-17(18)5/h12-14H,6-11H2,1-5H3. The lowest BCUT2D eigenvalue weighted by Crippen LogP contribution is -2.34. The molecule has 1 saturated carbocycles. The lowest BCUT2D eigenvalue weighted by molar-refractivity contribution is 0.0939. The highest BCUT2D eigenvalue weighted by atomic mass is 31.1. The summed E-state index contributed by atoms with van der Waals surface area (Å²) in [5, 5.41) is -0.602. The van der Waals surface area contributed by atoms with E-state index in [0.29, 0.717) is 12.1 Å². The second-order valence-corrected chi connectivity index (χ2v) is 9.69. The Morgan fingerprint density at radius 3 is 2.13 bits per heavy atom. The normalized spacial score (nSPS) is 17.6. The third-order valence-electron chi connectivity index (χ3n) is 5.14. The summed E-state index contributed by atoms with van der Waals surface area (Å²) in [5.74, 6) is 0.681. The monoisotopic (exact) mass is 333 g/mol. The van der Waals surface area contributed by atoms with E-state index in [1.54, 1.807) is 0 Å². The number of Topliss-reactive ketones (excluding diaryl/α,β-unsaturated/α-hetero) is 1. The summed E-state index contributed by atoms with van der Waals surface area (Å²) in [4.78, 5) is 13.4. The zero-order valence-corrected chi connectivity index (χ0v) is 16.1. The van der Waals surface area contributed by atoms with Crippen molar-refractivity contribution in [3.05, 3.63) is 34.4 Å². The average Bonchev–Trinajstić information content (AvgIpc) is 2.94. The van der Waals surface area contributed by atoms with Crippen LogP contribution in [0.3, 0.4) is 0 Å². The van der Waals surface area contributed by atoms with Crippen LogP contribution in [0.25, 0.3) is 0 Å². The van der Waals surface area contributed by atoms with Crippen LogP contribution in [0, 0.1) is 26.7 Å². The van der Waals surface area contributed by atoms with Gasteiger partial charge in [0.2, 0.25) is 0 Å². The zero-order valence-electron chi connectivity index (χ0n) is 15.2. The van der Waals surface area contributed by atoms with E-state index in [9.17, 15) is 9.36 Å². The van der Waals surface area contributed by atoms with Crippen molar-refractivity contribution >= 4 is 13.6 Å². The van der Waals surface area contributed by atoms with Gasteiger partial charge in [-0.1, -0.05) is 44.4 Å². The Kier molecular flexibility index (Phi) is 5.79. The Morgan fingerprint density at radius 1 is 1.13 bits per heavy atom. The number of carbonyl (C=O) groups is 1. The molecule has 0 heterocycles. The van der Waals surface area contributed by atoms with Gasteiger partial charge >= 0.3 is 0 Å². The first kappa shape index (κ1) is 18.3. The average molecular weight is 333 g/mol. The number of aryl methyl sites for hydroxylation is 3. The van der Waals surface area contributed by atoms with Crippen LogP contribution >= 0.6 is 7.80 Å². The molecule has 0 N–H and O–H groups in total. The van der Waals surface area contributed by atoms with E-state index < -0.39 is 13.0 Å². The van der Waals surface area contributed by atoms with Gasteiger partial charge in [-0.2, -0.15) is 0 Å². The number of benzene rings is 1. The number of hydrogen-bond acceptors (Lipinski definition) is 2. The largest absolute Gasteiger partial charge is 0.293 e. The molecule has 1 aromatic carbocycles. The van der Waals surface area contributed by atoms with E-state index in [1.165, 1.54) is 5.56 Å². The SMILES string of the molecule is Cc1cc(C)c(C(=O)C2([P](=O)CCC(C)C)CCCC2)c(C)c1. The number of carbonyl (C=O) groups excluding carboxylic acids is 1. The fourth-order valence-corrected chi connectivity index (χ4v) is 6.24. The zero-order chi connectivity index (χ0) is 17.2. The number of rotatable bonds is 6. The Bertz CT molecular complexity index is 587. The van der Waals surface area contributed by atoms with Gasteiger partial charge in [0.05, 0.1) is 7.80 Å². The maximum absolute atomic E-state index is 13.4. The molecule has 1 aliphatic rings. The van der Waals surface area contributed by atoms with Gasteiger partial charge in [-0.3, -0.25) is 9.36 Å². The molecule has 1 aliphatic carbocycles. The molecule has 0 aromatic heterocycles. The van der Waals surface area contributed by atoms with E-state index >= 15 is 0 Å². The summed E-state index contributed by atoms with van der Waals surface area (Å²) >= 11 is 0. The Hall–Kier alpha value is -1.01. The van der Waals surface area contributed by atoms with E-state index in [4.69, 9.17) is 0 Å². The molecule has 1 unspecified atom stereocenters. The molecule has 127 valence electrons. The summed E-state index contributed by atoms with van der Waals surface area (Å²) in [6, 6.07) is 4.15. The van der Waals surface area contributed by atoms with E-state index in [1.807, 2.05) is 13.8 Å². The lowest BCUT2D eigenvalue weighted by atomic mass is 9.88. The van der Waals surface area contributed by atoms with E-state index in [2.05, 4.69) is 32.9 Å². The topological polar surface area (TPSA) is 34.1 Å². The minimum Gasteiger partial charge on any atom is -0.293 e. The Balaban J connectivity index is 2.38. The third-order valence-corrected chi connectivity index (χ3v) is 7.41. The summed E-state index contributed by atoms with van der Waals surface area (Å²) in [6.45, 7) is 10.4. The predicted octanol–water partition coefficient (Wildman–Crippen LogP) is 5.98. The fourth-order valence-electron chi connectivity index (χ4n) is 3.91. The van der Waals surface area contributed by atoms with Crippen LogP contribution < -0.4 is 0 Å². The minimum atomic E-state index is -1.49. The number of hydrogen-bond donors (Lipinski definition) is 0. The number of ketones is 1. The molecule has 1 fully saturated rings. The van der Waals surface area contributed by atoms with E-state index in [-0.39, 0.29) is 5.78 Å². The molecular weight excluding hydrogens is 303 g/mol. The molecule has 1 radical (unpaired) electrons. The van der Waals surface area contributed by atoms with Gasteiger partial charge in [-0.25, -0.2) is 0 Å². The van der Waals surface area contributed by atoms with Crippen molar-refractivity contribution < 1.29 is 9.36 Å². The molecule has 2 rings (SSSR count). The van der Waals surface area contributed by atoms with Gasteiger partial charge in [0.25, 0.3) is 0 Å². The minimum absolute atomic E-state index is 0.148. The van der Waals surface area contributed by atoms with Gasteiger partial charge in [-0.05, 0) is 57.1 Å². The van der Waals surface area contributed by atoms with Crippen molar-refractivity contribution in [3.63, 3.8) is 0 Å². The predicted molar refractivity (Wildman–Crippen MR) is 98.1 cm³/mol. The highest BCUT2D eigenvalue weighted by Crippen LogP contribution is 2.53. The summed E-state index contributed by atoms with van der Waals surface area (Å²) in [5.41, 5.74) is 4.07. The maximum atomic E-state index is 13.4. The van der Waals surface area contributed by atoms with Gasteiger partial charge in [0, 0.05) is 11.7 Å². The second-order valence-electron chi connectivity index (χ2n) is 7.63. The molecule has 0 spiro atoms. The van der Waals surface area contributed by atoms with Crippen molar-refractivity contribution in [2.45, 2.75) is 71.9 Å². The van der Waals surface area contributed by atoms with Crippen LogP contribution in [0.1, 0.15) is 73.0 Å². The first-order valence-corrected chi connectivity index (χ1v) is 10.3. The van der Waals surface area contributed by atoms with E-state index in [0.717, 1.165) is 48.8 Å². The maximum Gasteiger partial charge on any atom is 0.180 e.